The van der Waals surface area contributed by atoms with Crippen LogP contribution in [-0.2, 0) is 7.05 Å². The van der Waals surface area contributed by atoms with Crippen molar-refractivity contribution in [3.8, 4) is 0 Å². The van der Waals surface area contributed by atoms with Gasteiger partial charge in [-0.3, -0.25) is 4.98 Å². The number of hydrogen-bond donors (Lipinski definition) is 1. The van der Waals surface area contributed by atoms with Gasteiger partial charge in [0.1, 0.15) is 0 Å². The van der Waals surface area contributed by atoms with E-state index in [0.29, 0.717) is 0 Å². The van der Waals surface area contributed by atoms with Gasteiger partial charge in [-0.2, -0.15) is 0 Å². The Bertz CT molecular complexity index is 933. The van der Waals surface area contributed by atoms with Crippen molar-refractivity contribution in [2.75, 3.05) is 4.90 Å². The molecule has 132 valence electrons. The number of anilines is 1. The SMILES string of the molecule is Cc1cc([C@@H]2[C@@H](c3ccccn3)NC(=S)N2c2ccccc2)c(C)n1C. The molecule has 4 nitrogen and oxygen atoms in total. The lowest BCUT2D eigenvalue weighted by Gasteiger charge is -2.28. The van der Waals surface area contributed by atoms with Crippen LogP contribution in [-0.4, -0.2) is 14.7 Å². The Morgan fingerprint density at radius 3 is 2.38 bits per heavy atom. The molecule has 1 aliphatic rings. The average Bonchev–Trinajstić information content (AvgIpc) is 3.14. The first-order chi connectivity index (χ1) is 12.6. The average molecular weight is 363 g/mol. The van der Waals surface area contributed by atoms with Crippen LogP contribution in [0.1, 0.15) is 34.7 Å². The van der Waals surface area contributed by atoms with Gasteiger partial charge < -0.3 is 14.8 Å². The lowest BCUT2D eigenvalue weighted by atomic mass is 9.96. The van der Waals surface area contributed by atoms with Crippen molar-refractivity contribution < 1.29 is 0 Å². The van der Waals surface area contributed by atoms with E-state index in [1.807, 2.05) is 36.5 Å². The zero-order valence-electron chi connectivity index (χ0n) is 15.2. The molecule has 1 saturated heterocycles. The fraction of sp³-hybridized carbons (Fsp3) is 0.238. The maximum atomic E-state index is 5.74. The van der Waals surface area contributed by atoms with Crippen LogP contribution in [0.3, 0.4) is 0 Å². The maximum absolute atomic E-state index is 5.74. The molecule has 1 aliphatic heterocycles. The van der Waals surface area contributed by atoms with Crippen molar-refractivity contribution in [2.45, 2.75) is 25.9 Å². The highest BCUT2D eigenvalue weighted by atomic mass is 32.1. The number of rotatable bonds is 3. The summed E-state index contributed by atoms with van der Waals surface area (Å²) in [7, 11) is 2.11. The van der Waals surface area contributed by atoms with Crippen LogP contribution < -0.4 is 10.2 Å². The third kappa shape index (κ3) is 2.69. The van der Waals surface area contributed by atoms with Gasteiger partial charge in [0, 0.05) is 30.3 Å². The molecule has 0 bridgehead atoms. The van der Waals surface area contributed by atoms with Crippen molar-refractivity contribution in [1.82, 2.24) is 14.9 Å². The van der Waals surface area contributed by atoms with E-state index in [2.05, 4.69) is 64.9 Å². The Hall–Kier alpha value is -2.66. The van der Waals surface area contributed by atoms with E-state index in [4.69, 9.17) is 12.2 Å². The molecule has 1 fully saturated rings. The number of nitrogens with one attached hydrogen (secondary N) is 1. The molecule has 0 unspecified atom stereocenters. The molecule has 0 saturated carbocycles. The first kappa shape index (κ1) is 16.8. The molecule has 1 N–H and O–H groups in total. The molecule has 1 aromatic carbocycles. The molecule has 26 heavy (non-hydrogen) atoms. The second kappa shape index (κ2) is 6.57. The van der Waals surface area contributed by atoms with Gasteiger partial charge in [0.15, 0.2) is 5.11 Å². The molecule has 2 aromatic heterocycles. The van der Waals surface area contributed by atoms with E-state index in [1.54, 1.807) is 0 Å². The lowest BCUT2D eigenvalue weighted by Crippen LogP contribution is -2.29. The van der Waals surface area contributed by atoms with Gasteiger partial charge in [0.25, 0.3) is 0 Å². The first-order valence-corrected chi connectivity index (χ1v) is 9.17. The van der Waals surface area contributed by atoms with Crippen LogP contribution in [0.5, 0.6) is 0 Å². The number of para-hydroxylation sites is 1. The van der Waals surface area contributed by atoms with E-state index in [9.17, 15) is 0 Å². The third-order valence-corrected chi connectivity index (χ3v) is 5.58. The zero-order chi connectivity index (χ0) is 18.3. The minimum atomic E-state index is 0.00408. The summed E-state index contributed by atoms with van der Waals surface area (Å²) in [5, 5.41) is 4.24. The molecular formula is C21H22N4S. The van der Waals surface area contributed by atoms with E-state index >= 15 is 0 Å². The molecule has 5 heteroatoms. The van der Waals surface area contributed by atoms with Crippen LogP contribution in [0.2, 0.25) is 0 Å². The number of nitrogens with zero attached hydrogens (tertiary/aromatic N) is 3. The Morgan fingerprint density at radius 1 is 1.04 bits per heavy atom. The van der Waals surface area contributed by atoms with Gasteiger partial charge >= 0.3 is 0 Å². The number of hydrogen-bond acceptors (Lipinski definition) is 2. The van der Waals surface area contributed by atoms with E-state index in [-0.39, 0.29) is 12.1 Å². The smallest absolute Gasteiger partial charge is 0.174 e. The highest BCUT2D eigenvalue weighted by Crippen LogP contribution is 2.42. The fourth-order valence-electron chi connectivity index (χ4n) is 3.72. The topological polar surface area (TPSA) is 33.1 Å². The summed E-state index contributed by atoms with van der Waals surface area (Å²) in [4.78, 5) is 6.82. The predicted octanol–water partition coefficient (Wildman–Crippen LogP) is 4.21. The van der Waals surface area contributed by atoms with E-state index < -0.39 is 0 Å². The summed E-state index contributed by atoms with van der Waals surface area (Å²) in [5.41, 5.74) is 5.86. The van der Waals surface area contributed by atoms with Crippen molar-refractivity contribution in [3.63, 3.8) is 0 Å². The monoisotopic (exact) mass is 362 g/mol. The second-order valence-electron chi connectivity index (χ2n) is 6.72. The summed E-state index contributed by atoms with van der Waals surface area (Å²) >= 11 is 5.74. The summed E-state index contributed by atoms with van der Waals surface area (Å²) in [5.74, 6) is 0. The van der Waals surface area contributed by atoms with Gasteiger partial charge in [0.05, 0.1) is 17.8 Å². The number of aryl methyl sites for hydroxylation is 1. The molecule has 0 radical (unpaired) electrons. The van der Waals surface area contributed by atoms with Crippen LogP contribution in [0, 0.1) is 13.8 Å². The highest BCUT2D eigenvalue weighted by Gasteiger charge is 2.41. The van der Waals surface area contributed by atoms with Gasteiger partial charge in [-0.1, -0.05) is 24.3 Å². The number of thiocarbonyl (C=S) groups is 1. The lowest BCUT2D eigenvalue weighted by molar-refractivity contribution is 0.564. The molecule has 0 spiro atoms. The summed E-state index contributed by atoms with van der Waals surface area (Å²) in [6.45, 7) is 4.31. The molecular weight excluding hydrogens is 340 g/mol. The largest absolute Gasteiger partial charge is 0.352 e. The molecule has 4 rings (SSSR count). The summed E-state index contributed by atoms with van der Waals surface area (Å²) in [6, 6.07) is 18.7. The Balaban J connectivity index is 1.88. The van der Waals surface area contributed by atoms with Gasteiger partial charge in [-0.05, 0) is 62.0 Å². The number of aromatic nitrogens is 2. The van der Waals surface area contributed by atoms with Crippen LogP contribution in [0.15, 0.2) is 60.8 Å². The molecule has 3 heterocycles. The van der Waals surface area contributed by atoms with Gasteiger partial charge in [-0.15, -0.1) is 0 Å². The van der Waals surface area contributed by atoms with Gasteiger partial charge in [0.2, 0.25) is 0 Å². The second-order valence-corrected chi connectivity index (χ2v) is 7.10. The van der Waals surface area contributed by atoms with Crippen LogP contribution in [0.25, 0.3) is 0 Å². The highest BCUT2D eigenvalue weighted by molar-refractivity contribution is 7.80. The minimum Gasteiger partial charge on any atom is -0.352 e. The summed E-state index contributed by atoms with van der Waals surface area (Å²) in [6.07, 6.45) is 1.84. The molecule has 2 atom stereocenters. The Morgan fingerprint density at radius 2 is 1.77 bits per heavy atom. The number of benzene rings is 1. The quantitative estimate of drug-likeness (QED) is 0.708. The Labute approximate surface area is 159 Å². The van der Waals surface area contributed by atoms with E-state index in [0.717, 1.165) is 16.5 Å². The standard InChI is InChI=1S/C21H22N4S/c1-14-13-17(15(2)24(14)3)20-19(18-11-7-8-12-22-18)23-21(26)25(20)16-9-5-4-6-10-16/h4-13,19-20H,1-3H3,(H,23,26)/t19-,20-/m1/s1. The van der Waals surface area contributed by atoms with Gasteiger partial charge in [-0.25, -0.2) is 0 Å². The van der Waals surface area contributed by atoms with Crippen molar-refractivity contribution in [1.29, 1.82) is 0 Å². The summed E-state index contributed by atoms with van der Waals surface area (Å²) < 4.78 is 2.23. The predicted molar refractivity (Wildman–Crippen MR) is 109 cm³/mol. The zero-order valence-corrected chi connectivity index (χ0v) is 16.0. The van der Waals surface area contributed by atoms with Crippen LogP contribution in [0.4, 0.5) is 5.69 Å². The molecule has 0 amide bonds. The minimum absolute atomic E-state index is 0.00408. The van der Waals surface area contributed by atoms with Crippen molar-refractivity contribution >= 4 is 23.0 Å². The normalized spacial score (nSPS) is 19.7. The maximum Gasteiger partial charge on any atom is 0.174 e. The first-order valence-electron chi connectivity index (χ1n) is 8.76. The number of pyridine rings is 1. The van der Waals surface area contributed by atoms with Crippen molar-refractivity contribution in [3.05, 3.63) is 83.4 Å². The third-order valence-electron chi connectivity index (χ3n) is 5.27. The Kier molecular flexibility index (Phi) is 4.24. The fourth-order valence-corrected chi connectivity index (χ4v) is 4.07. The molecule has 3 aromatic rings. The molecule has 0 aliphatic carbocycles. The van der Waals surface area contributed by atoms with Crippen LogP contribution >= 0.6 is 12.2 Å². The van der Waals surface area contributed by atoms with E-state index in [1.165, 1.54) is 17.0 Å². The van der Waals surface area contributed by atoms with Crippen molar-refractivity contribution in [2.24, 2.45) is 7.05 Å².